The second kappa shape index (κ2) is 10.4. The van der Waals surface area contributed by atoms with Gasteiger partial charge in [-0.2, -0.15) is 8.78 Å². The summed E-state index contributed by atoms with van der Waals surface area (Å²) in [5.41, 5.74) is 11.1. The Morgan fingerprint density at radius 3 is 2.59 bits per heavy atom. The molecule has 0 unspecified atom stereocenters. The molecule has 0 atom stereocenters. The molecule has 6 rings (SSSR count). The van der Waals surface area contributed by atoms with Crippen molar-refractivity contribution in [3.8, 4) is 17.0 Å². The van der Waals surface area contributed by atoms with Gasteiger partial charge in [0.15, 0.2) is 11.5 Å². The quantitative estimate of drug-likeness (QED) is 0.350. The molecular formula is C28H27F2N7O2. The number of ether oxygens (including phenoxy) is 1. The van der Waals surface area contributed by atoms with Crippen molar-refractivity contribution >= 4 is 28.8 Å². The molecule has 3 N–H and O–H groups in total. The van der Waals surface area contributed by atoms with Gasteiger partial charge in [0, 0.05) is 47.9 Å². The number of carbonyl (C=O) groups is 1. The summed E-state index contributed by atoms with van der Waals surface area (Å²) >= 11 is 0. The molecule has 0 radical (unpaired) electrons. The Morgan fingerprint density at radius 1 is 1.13 bits per heavy atom. The van der Waals surface area contributed by atoms with Gasteiger partial charge in [0.1, 0.15) is 5.75 Å². The first kappa shape index (κ1) is 24.9. The number of piperidine rings is 1. The van der Waals surface area contributed by atoms with Gasteiger partial charge in [0.25, 0.3) is 5.91 Å². The maximum atomic E-state index is 13.4. The first-order valence-electron chi connectivity index (χ1n) is 12.8. The van der Waals surface area contributed by atoms with Crippen LogP contribution in [0.25, 0.3) is 16.9 Å². The zero-order valence-corrected chi connectivity index (χ0v) is 21.1. The number of aliphatic imine (C=N–C) groups is 1. The van der Waals surface area contributed by atoms with E-state index in [1.54, 1.807) is 30.7 Å². The number of hydrogen-bond donors (Lipinski definition) is 2. The van der Waals surface area contributed by atoms with Crippen LogP contribution in [0.3, 0.4) is 0 Å². The Labute approximate surface area is 223 Å². The molecule has 9 nitrogen and oxygen atoms in total. The molecule has 4 heterocycles. The highest BCUT2D eigenvalue weighted by Gasteiger charge is 2.27. The minimum atomic E-state index is -2.88. The van der Waals surface area contributed by atoms with Crippen LogP contribution in [0.1, 0.15) is 28.8 Å². The summed E-state index contributed by atoms with van der Waals surface area (Å²) in [6.07, 6.45) is 6.99. The average Bonchev–Trinajstić information content (AvgIpc) is 3.71. The summed E-state index contributed by atoms with van der Waals surface area (Å²) in [5, 5.41) is 3.33. The predicted molar refractivity (Wildman–Crippen MR) is 144 cm³/mol. The third-order valence-corrected chi connectivity index (χ3v) is 7.18. The lowest BCUT2D eigenvalue weighted by atomic mass is 9.95. The fraction of sp³-hybridized carbons (Fsp3) is 0.286. The van der Waals surface area contributed by atoms with E-state index in [1.165, 1.54) is 12.1 Å². The summed E-state index contributed by atoms with van der Waals surface area (Å²) in [6, 6.07) is 12.0. The van der Waals surface area contributed by atoms with Gasteiger partial charge in [-0.3, -0.25) is 14.2 Å². The molecule has 1 amide bonds. The van der Waals surface area contributed by atoms with E-state index < -0.39 is 6.61 Å². The summed E-state index contributed by atoms with van der Waals surface area (Å²) in [7, 11) is 0. The number of imidazole rings is 1. The van der Waals surface area contributed by atoms with Crippen LogP contribution >= 0.6 is 0 Å². The molecular weight excluding hydrogens is 504 g/mol. The number of rotatable bonds is 8. The van der Waals surface area contributed by atoms with E-state index in [0.29, 0.717) is 49.1 Å². The van der Waals surface area contributed by atoms with Gasteiger partial charge >= 0.3 is 6.61 Å². The van der Waals surface area contributed by atoms with Crippen LogP contribution in [0.4, 0.5) is 20.3 Å². The first-order chi connectivity index (χ1) is 19.0. The SMILES string of the molecule is NCC1CCN(C(=O)c2ccc(Nc3nccn4c(-c5ccc(OC(F)F)cc5)cnc34)cc2C2=NC2)CC1. The zero-order chi connectivity index (χ0) is 26.9. The number of nitrogens with one attached hydrogen (secondary N) is 1. The Kier molecular flexibility index (Phi) is 6.65. The number of alkyl halides is 2. The normalized spacial score (nSPS) is 15.5. The topological polar surface area (TPSA) is 110 Å². The number of nitrogens with two attached hydrogens (primary N) is 1. The van der Waals surface area contributed by atoms with Crippen LogP contribution in [0.15, 0.2) is 66.0 Å². The van der Waals surface area contributed by atoms with Gasteiger partial charge < -0.3 is 20.7 Å². The van der Waals surface area contributed by atoms with Gasteiger partial charge in [0.2, 0.25) is 0 Å². The third kappa shape index (κ3) is 5.17. The first-order valence-corrected chi connectivity index (χ1v) is 12.8. The summed E-state index contributed by atoms with van der Waals surface area (Å²) in [5.74, 6) is 1.12. The smallest absolute Gasteiger partial charge is 0.387 e. The lowest BCUT2D eigenvalue weighted by Gasteiger charge is -2.31. The number of aromatic nitrogens is 3. The minimum Gasteiger partial charge on any atom is -0.435 e. The molecule has 1 fully saturated rings. The minimum absolute atomic E-state index is 0.0183. The van der Waals surface area contributed by atoms with Crippen LogP contribution < -0.4 is 15.8 Å². The third-order valence-electron chi connectivity index (χ3n) is 7.18. The molecule has 0 saturated carbocycles. The number of nitrogens with zero attached hydrogens (tertiary/aromatic N) is 5. The number of hydrogen-bond acceptors (Lipinski definition) is 7. The van der Waals surface area contributed by atoms with Crippen LogP contribution in [0.5, 0.6) is 5.75 Å². The highest BCUT2D eigenvalue weighted by molar-refractivity contribution is 6.17. The molecule has 39 heavy (non-hydrogen) atoms. The van der Waals surface area contributed by atoms with Crippen LogP contribution in [0.2, 0.25) is 0 Å². The second-order valence-electron chi connectivity index (χ2n) is 9.64. The Morgan fingerprint density at radius 2 is 1.90 bits per heavy atom. The fourth-order valence-corrected chi connectivity index (χ4v) is 4.96. The molecule has 0 spiro atoms. The molecule has 2 aliphatic heterocycles. The highest BCUT2D eigenvalue weighted by Crippen LogP contribution is 2.29. The van der Waals surface area contributed by atoms with Crippen molar-refractivity contribution in [3.05, 3.63) is 72.2 Å². The second-order valence-corrected chi connectivity index (χ2v) is 9.64. The van der Waals surface area contributed by atoms with Gasteiger partial charge in [-0.25, -0.2) is 9.97 Å². The number of amides is 1. The highest BCUT2D eigenvalue weighted by atomic mass is 19.3. The van der Waals surface area contributed by atoms with Crippen molar-refractivity contribution < 1.29 is 18.3 Å². The van der Waals surface area contributed by atoms with E-state index in [-0.39, 0.29) is 11.7 Å². The van der Waals surface area contributed by atoms with E-state index in [2.05, 4.69) is 25.0 Å². The van der Waals surface area contributed by atoms with E-state index in [4.69, 9.17) is 5.73 Å². The number of benzene rings is 2. The van der Waals surface area contributed by atoms with E-state index in [1.807, 2.05) is 27.5 Å². The average molecular weight is 532 g/mol. The maximum absolute atomic E-state index is 13.4. The summed E-state index contributed by atoms with van der Waals surface area (Å²) in [6.45, 7) is -0.172. The lowest BCUT2D eigenvalue weighted by molar-refractivity contribution is -0.0498. The summed E-state index contributed by atoms with van der Waals surface area (Å²) < 4.78 is 31.3. The van der Waals surface area contributed by atoms with Crippen LogP contribution in [-0.4, -0.2) is 63.7 Å². The van der Waals surface area contributed by atoms with Gasteiger partial charge in [-0.05, 0) is 67.8 Å². The molecule has 200 valence electrons. The standard InChI is InChI=1S/C28H27F2N7O2/c29-28(30)39-20-4-1-18(2-5-20)24-16-34-26-25(32-9-12-37(24)26)35-19-3-6-21(22(13-19)23-15-33-23)27(38)36-10-7-17(14-31)8-11-36/h1-6,9,12-13,16-17,28H,7-8,10-11,14-15,31H2,(H,32,35). The van der Waals surface area contributed by atoms with Crippen molar-refractivity contribution in [1.82, 2.24) is 19.3 Å². The molecule has 0 aliphatic carbocycles. The van der Waals surface area contributed by atoms with Crippen LogP contribution in [-0.2, 0) is 0 Å². The Balaban J connectivity index is 1.25. The number of fused-ring (bicyclic) bond motifs is 1. The van der Waals surface area contributed by atoms with E-state index >= 15 is 0 Å². The number of likely N-dealkylation sites (tertiary alicyclic amines) is 1. The Hall–Kier alpha value is -4.38. The van der Waals surface area contributed by atoms with Crippen molar-refractivity contribution in [3.63, 3.8) is 0 Å². The van der Waals surface area contributed by atoms with E-state index in [9.17, 15) is 13.6 Å². The molecule has 4 aromatic rings. The predicted octanol–water partition coefficient (Wildman–Crippen LogP) is 4.35. The van der Waals surface area contributed by atoms with E-state index in [0.717, 1.165) is 41.1 Å². The maximum Gasteiger partial charge on any atom is 0.387 e. The molecule has 2 aromatic heterocycles. The van der Waals surface area contributed by atoms with Crippen LogP contribution in [0, 0.1) is 5.92 Å². The summed E-state index contributed by atoms with van der Waals surface area (Å²) in [4.78, 5) is 28.6. The molecule has 2 aromatic carbocycles. The molecule has 1 saturated heterocycles. The monoisotopic (exact) mass is 531 g/mol. The largest absolute Gasteiger partial charge is 0.435 e. The number of carbonyl (C=O) groups excluding carboxylic acids is 1. The Bertz CT molecular complexity index is 1540. The van der Waals surface area contributed by atoms with Gasteiger partial charge in [-0.1, -0.05) is 0 Å². The zero-order valence-electron chi connectivity index (χ0n) is 21.1. The van der Waals surface area contributed by atoms with Crippen molar-refractivity contribution in [1.29, 1.82) is 0 Å². The van der Waals surface area contributed by atoms with Crippen molar-refractivity contribution in [2.45, 2.75) is 19.5 Å². The molecule has 2 aliphatic rings. The fourth-order valence-electron chi connectivity index (χ4n) is 4.96. The lowest BCUT2D eigenvalue weighted by Crippen LogP contribution is -2.40. The number of anilines is 2. The molecule has 11 heteroatoms. The van der Waals surface area contributed by atoms with Gasteiger partial charge in [0.05, 0.1) is 24.1 Å². The number of halogens is 2. The van der Waals surface area contributed by atoms with Crippen molar-refractivity contribution in [2.24, 2.45) is 16.6 Å². The van der Waals surface area contributed by atoms with Gasteiger partial charge in [-0.15, -0.1) is 0 Å². The molecule has 0 bridgehead atoms. The van der Waals surface area contributed by atoms with Crippen molar-refractivity contribution in [2.75, 3.05) is 31.5 Å².